The first kappa shape index (κ1) is 13.3. The highest BCUT2D eigenvalue weighted by atomic mass is 32.2. The van der Waals surface area contributed by atoms with Crippen molar-refractivity contribution < 1.29 is 4.74 Å². The van der Waals surface area contributed by atoms with Gasteiger partial charge in [0.05, 0.1) is 11.4 Å². The number of rotatable bonds is 6. The van der Waals surface area contributed by atoms with Crippen LogP contribution in [0.25, 0.3) is 0 Å². The van der Waals surface area contributed by atoms with Gasteiger partial charge in [0.1, 0.15) is 10.0 Å². The van der Waals surface area contributed by atoms with Gasteiger partial charge in [-0.15, -0.1) is 22.0 Å². The first-order chi connectivity index (χ1) is 8.24. The molecule has 1 fully saturated rings. The van der Waals surface area contributed by atoms with Gasteiger partial charge in [-0.3, -0.25) is 0 Å². The minimum atomic E-state index is 0.211. The van der Waals surface area contributed by atoms with Gasteiger partial charge in [-0.1, -0.05) is 11.3 Å². The van der Waals surface area contributed by atoms with Gasteiger partial charge >= 0.3 is 0 Å². The van der Waals surface area contributed by atoms with E-state index in [-0.39, 0.29) is 4.75 Å². The Morgan fingerprint density at radius 1 is 1.47 bits per heavy atom. The maximum Gasteiger partial charge on any atom is 0.133 e. The van der Waals surface area contributed by atoms with Crippen molar-refractivity contribution in [1.82, 2.24) is 15.5 Å². The van der Waals surface area contributed by atoms with Crippen molar-refractivity contribution in [3.63, 3.8) is 0 Å². The van der Waals surface area contributed by atoms with E-state index >= 15 is 0 Å². The van der Waals surface area contributed by atoms with Crippen molar-refractivity contribution in [2.75, 3.05) is 26.0 Å². The number of nitrogens with one attached hydrogen (secondary N) is 1. The molecule has 2 heterocycles. The molecule has 0 spiro atoms. The average molecular weight is 273 g/mol. The number of aromatic nitrogens is 2. The maximum absolute atomic E-state index is 4.98. The number of hydrogen-bond donors (Lipinski definition) is 1. The van der Waals surface area contributed by atoms with Gasteiger partial charge in [-0.25, -0.2) is 0 Å². The molecule has 96 valence electrons. The van der Waals surface area contributed by atoms with Crippen LogP contribution in [0, 0.1) is 0 Å². The van der Waals surface area contributed by atoms with Crippen molar-refractivity contribution in [2.45, 2.75) is 31.1 Å². The average Bonchev–Trinajstić information content (AvgIpc) is 2.94. The fourth-order valence-corrected chi connectivity index (χ4v) is 4.23. The first-order valence-electron chi connectivity index (χ1n) is 5.91. The van der Waals surface area contributed by atoms with E-state index < -0.39 is 0 Å². The fraction of sp³-hybridized carbons (Fsp3) is 0.818. The molecular weight excluding hydrogens is 254 g/mol. The summed E-state index contributed by atoms with van der Waals surface area (Å²) in [6.07, 6.45) is 2.52. The SMILES string of the molecule is COCCNCc1nnc(C2(C)CCCS2)s1. The Bertz CT molecular complexity index is 350. The molecule has 0 radical (unpaired) electrons. The molecule has 0 saturated carbocycles. The highest BCUT2D eigenvalue weighted by Gasteiger charge is 2.34. The molecule has 2 rings (SSSR count). The van der Waals surface area contributed by atoms with Gasteiger partial charge in [-0.2, -0.15) is 0 Å². The molecular formula is C11H19N3OS2. The van der Waals surface area contributed by atoms with Gasteiger partial charge < -0.3 is 10.1 Å². The summed E-state index contributed by atoms with van der Waals surface area (Å²) in [5, 5.41) is 14.2. The third-order valence-corrected chi connectivity index (χ3v) is 5.74. The fourth-order valence-electron chi connectivity index (χ4n) is 1.86. The molecule has 0 amide bonds. The topological polar surface area (TPSA) is 47.0 Å². The number of thioether (sulfide) groups is 1. The number of nitrogens with zero attached hydrogens (tertiary/aromatic N) is 2. The summed E-state index contributed by atoms with van der Waals surface area (Å²) in [5.74, 6) is 1.25. The maximum atomic E-state index is 4.98. The zero-order valence-electron chi connectivity index (χ0n) is 10.4. The van der Waals surface area contributed by atoms with Crippen molar-refractivity contribution >= 4 is 23.1 Å². The van der Waals surface area contributed by atoms with E-state index in [1.54, 1.807) is 18.4 Å². The predicted octanol–water partition coefficient (Wildman–Crippen LogP) is 2.02. The van der Waals surface area contributed by atoms with Gasteiger partial charge in [0.2, 0.25) is 0 Å². The molecule has 4 nitrogen and oxygen atoms in total. The molecule has 1 saturated heterocycles. The highest BCUT2D eigenvalue weighted by Crippen LogP contribution is 2.46. The second kappa shape index (κ2) is 6.13. The van der Waals surface area contributed by atoms with Crippen LogP contribution in [0.15, 0.2) is 0 Å². The Labute approximate surface area is 111 Å². The van der Waals surface area contributed by atoms with Crippen LogP contribution in [-0.2, 0) is 16.0 Å². The molecule has 1 N–H and O–H groups in total. The molecule has 17 heavy (non-hydrogen) atoms. The number of methoxy groups -OCH3 is 1. The van der Waals surface area contributed by atoms with Crippen molar-refractivity contribution in [2.24, 2.45) is 0 Å². The lowest BCUT2D eigenvalue weighted by Gasteiger charge is -2.17. The molecule has 0 bridgehead atoms. The van der Waals surface area contributed by atoms with E-state index in [1.165, 1.54) is 23.6 Å². The van der Waals surface area contributed by atoms with Crippen LogP contribution in [0.1, 0.15) is 29.8 Å². The first-order valence-corrected chi connectivity index (χ1v) is 7.71. The molecule has 1 aromatic rings. The number of hydrogen-bond acceptors (Lipinski definition) is 6. The van der Waals surface area contributed by atoms with Gasteiger partial charge in [0, 0.05) is 20.2 Å². The van der Waals surface area contributed by atoms with Gasteiger partial charge in [-0.05, 0) is 25.5 Å². The van der Waals surface area contributed by atoms with E-state index in [4.69, 9.17) is 4.74 Å². The predicted molar refractivity (Wildman–Crippen MR) is 72.5 cm³/mol. The molecule has 0 aliphatic carbocycles. The lowest BCUT2D eigenvalue weighted by molar-refractivity contribution is 0.199. The van der Waals surface area contributed by atoms with E-state index in [0.29, 0.717) is 0 Å². The summed E-state index contributed by atoms with van der Waals surface area (Å²) < 4.78 is 5.19. The Balaban J connectivity index is 1.87. The molecule has 1 aliphatic rings. The largest absolute Gasteiger partial charge is 0.383 e. The Hall–Kier alpha value is -0.170. The molecule has 1 atom stereocenters. The second-order valence-corrected chi connectivity index (χ2v) is 7.01. The van der Waals surface area contributed by atoms with Gasteiger partial charge in [0.25, 0.3) is 0 Å². The summed E-state index contributed by atoms with van der Waals surface area (Å²) in [6, 6.07) is 0. The third kappa shape index (κ3) is 3.40. The van der Waals surface area contributed by atoms with E-state index in [2.05, 4.69) is 22.4 Å². The van der Waals surface area contributed by atoms with Crippen molar-refractivity contribution in [1.29, 1.82) is 0 Å². The van der Waals surface area contributed by atoms with Gasteiger partial charge in [0.15, 0.2) is 0 Å². The lowest BCUT2D eigenvalue weighted by atomic mass is 10.1. The third-order valence-electron chi connectivity index (χ3n) is 2.90. The molecule has 0 aromatic carbocycles. The molecule has 1 unspecified atom stereocenters. The van der Waals surface area contributed by atoms with Crippen LogP contribution < -0.4 is 5.32 Å². The lowest BCUT2D eigenvalue weighted by Crippen LogP contribution is -2.18. The van der Waals surface area contributed by atoms with Crippen LogP contribution in [0.5, 0.6) is 0 Å². The summed E-state index contributed by atoms with van der Waals surface area (Å²) in [6.45, 7) is 4.67. The molecule has 6 heteroatoms. The van der Waals surface area contributed by atoms with E-state index in [9.17, 15) is 0 Å². The van der Waals surface area contributed by atoms with Crippen LogP contribution in [0.3, 0.4) is 0 Å². The van der Waals surface area contributed by atoms with Crippen LogP contribution in [-0.4, -0.2) is 36.2 Å². The van der Waals surface area contributed by atoms with Crippen molar-refractivity contribution in [3.8, 4) is 0 Å². The zero-order valence-corrected chi connectivity index (χ0v) is 12.0. The van der Waals surface area contributed by atoms with E-state index in [0.717, 1.165) is 24.7 Å². The monoisotopic (exact) mass is 273 g/mol. The minimum Gasteiger partial charge on any atom is -0.383 e. The highest BCUT2D eigenvalue weighted by molar-refractivity contribution is 8.00. The Morgan fingerprint density at radius 2 is 2.35 bits per heavy atom. The van der Waals surface area contributed by atoms with Crippen LogP contribution >= 0.6 is 23.1 Å². The number of ether oxygens (including phenoxy) is 1. The normalized spacial score (nSPS) is 24.4. The van der Waals surface area contributed by atoms with E-state index in [1.807, 2.05) is 11.8 Å². The van der Waals surface area contributed by atoms with Crippen LogP contribution in [0.4, 0.5) is 0 Å². The minimum absolute atomic E-state index is 0.211. The zero-order chi connectivity index (χ0) is 12.1. The standard InChI is InChI=1S/C11H19N3OS2/c1-11(4-3-7-16-11)10-14-13-9(17-10)8-12-5-6-15-2/h12H,3-8H2,1-2H3. The summed E-state index contributed by atoms with van der Waals surface area (Å²) in [5.41, 5.74) is 0. The van der Waals surface area contributed by atoms with Crippen molar-refractivity contribution in [3.05, 3.63) is 10.0 Å². The summed E-state index contributed by atoms with van der Waals surface area (Å²) in [4.78, 5) is 0. The summed E-state index contributed by atoms with van der Waals surface area (Å²) >= 11 is 3.75. The Kier molecular flexibility index (Phi) is 4.78. The van der Waals surface area contributed by atoms with Crippen LogP contribution in [0.2, 0.25) is 0 Å². The summed E-state index contributed by atoms with van der Waals surface area (Å²) in [7, 11) is 1.71. The second-order valence-electron chi connectivity index (χ2n) is 4.35. The molecule has 1 aromatic heterocycles. The Morgan fingerprint density at radius 3 is 3.06 bits per heavy atom. The molecule has 1 aliphatic heterocycles. The quantitative estimate of drug-likeness (QED) is 0.804. The smallest absolute Gasteiger partial charge is 0.133 e.